The van der Waals surface area contributed by atoms with Gasteiger partial charge in [0.2, 0.25) is 4.96 Å². The Morgan fingerprint density at radius 3 is 2.61 bits per heavy atom. The zero-order valence-corrected chi connectivity index (χ0v) is 17.7. The minimum Gasteiger partial charge on any atom is -0.332 e. The number of carbonyl (C=O) groups excluding carboxylic acids is 1. The van der Waals surface area contributed by atoms with Crippen molar-refractivity contribution in [1.82, 2.24) is 25.1 Å². The maximum atomic E-state index is 12.3. The van der Waals surface area contributed by atoms with E-state index in [0.29, 0.717) is 10.0 Å². The van der Waals surface area contributed by atoms with Crippen LogP contribution in [0.5, 0.6) is 0 Å². The molecule has 0 fully saturated rings. The highest BCUT2D eigenvalue weighted by molar-refractivity contribution is 9.10. The van der Waals surface area contributed by atoms with Crippen molar-refractivity contribution in [1.29, 1.82) is 0 Å². The van der Waals surface area contributed by atoms with Gasteiger partial charge in [-0.1, -0.05) is 23.5 Å². The second-order valence-corrected chi connectivity index (χ2v) is 8.03. The fourth-order valence-corrected chi connectivity index (χ4v) is 4.07. The lowest BCUT2D eigenvalue weighted by molar-refractivity contribution is 0.0977. The molecule has 4 aromatic rings. The van der Waals surface area contributed by atoms with E-state index in [-0.39, 0.29) is 11.0 Å². The number of aryl methyl sites for hydroxylation is 1. The van der Waals surface area contributed by atoms with Crippen LogP contribution >= 0.6 is 39.5 Å². The van der Waals surface area contributed by atoms with Gasteiger partial charge in [0.25, 0.3) is 5.91 Å². The quantitative estimate of drug-likeness (QED) is 0.437. The molecular formula is C18H13BrN6OS2. The van der Waals surface area contributed by atoms with E-state index in [0.717, 1.165) is 27.0 Å². The van der Waals surface area contributed by atoms with Crippen molar-refractivity contribution in [2.24, 2.45) is 0 Å². The Hall–Kier alpha value is -2.69. The van der Waals surface area contributed by atoms with Gasteiger partial charge in [-0.25, -0.2) is 0 Å². The molecular weight excluding hydrogens is 460 g/mol. The fourth-order valence-electron chi connectivity index (χ4n) is 2.51. The van der Waals surface area contributed by atoms with Crippen LogP contribution in [0.4, 0.5) is 5.69 Å². The SMILES string of the molecule is Cc1nnc2sc(-c3ccc(NC(=S)NC(=O)c4ccccc4Br)cc3)nn12. The standard InChI is InChI=1S/C18H13BrN6OS2/c1-10-22-23-18-25(10)24-16(28-18)11-6-8-12(9-7-11)20-17(27)21-15(26)13-4-2-3-5-14(13)19/h2-9H,1H3,(H2,20,21,26,27). The normalized spacial score (nSPS) is 10.8. The molecule has 10 heteroatoms. The van der Waals surface area contributed by atoms with E-state index < -0.39 is 0 Å². The highest BCUT2D eigenvalue weighted by atomic mass is 79.9. The van der Waals surface area contributed by atoms with Crippen LogP contribution in [-0.2, 0) is 0 Å². The molecule has 2 aromatic heterocycles. The number of nitrogens with zero attached hydrogens (tertiary/aromatic N) is 4. The van der Waals surface area contributed by atoms with Crippen molar-refractivity contribution in [2.75, 3.05) is 5.32 Å². The maximum absolute atomic E-state index is 12.3. The molecule has 0 atom stereocenters. The number of aromatic nitrogens is 4. The van der Waals surface area contributed by atoms with Crippen LogP contribution in [0.3, 0.4) is 0 Å². The van der Waals surface area contributed by atoms with Crippen LogP contribution < -0.4 is 10.6 Å². The molecule has 0 radical (unpaired) electrons. The number of halogens is 1. The van der Waals surface area contributed by atoms with E-state index in [9.17, 15) is 4.79 Å². The monoisotopic (exact) mass is 472 g/mol. The number of fused-ring (bicyclic) bond motifs is 1. The maximum Gasteiger partial charge on any atom is 0.258 e. The molecule has 0 aliphatic carbocycles. The van der Waals surface area contributed by atoms with Crippen LogP contribution in [0.25, 0.3) is 15.5 Å². The average molecular weight is 473 g/mol. The third-order valence-corrected chi connectivity index (χ3v) is 5.73. The van der Waals surface area contributed by atoms with E-state index in [4.69, 9.17) is 12.2 Å². The molecule has 2 N–H and O–H groups in total. The smallest absolute Gasteiger partial charge is 0.258 e. The molecule has 0 saturated heterocycles. The summed E-state index contributed by atoms with van der Waals surface area (Å²) in [7, 11) is 0. The third kappa shape index (κ3) is 3.79. The van der Waals surface area contributed by atoms with E-state index >= 15 is 0 Å². The van der Waals surface area contributed by atoms with Gasteiger partial charge in [-0.15, -0.1) is 10.2 Å². The van der Waals surface area contributed by atoms with Gasteiger partial charge in [-0.2, -0.15) is 9.61 Å². The van der Waals surface area contributed by atoms with Crippen molar-refractivity contribution in [3.8, 4) is 10.6 Å². The summed E-state index contributed by atoms with van der Waals surface area (Å²) in [5.41, 5.74) is 2.24. The van der Waals surface area contributed by atoms with Gasteiger partial charge < -0.3 is 5.32 Å². The van der Waals surface area contributed by atoms with Crippen LogP contribution in [0, 0.1) is 6.92 Å². The summed E-state index contributed by atoms with van der Waals surface area (Å²) in [6.45, 7) is 1.86. The van der Waals surface area contributed by atoms with E-state index in [1.165, 1.54) is 11.3 Å². The number of hydrogen-bond donors (Lipinski definition) is 2. The third-order valence-electron chi connectivity index (χ3n) is 3.88. The molecule has 0 spiro atoms. The minimum atomic E-state index is -0.281. The molecule has 2 heterocycles. The molecule has 0 saturated carbocycles. The number of thiocarbonyl (C=S) groups is 1. The molecule has 1 amide bonds. The summed E-state index contributed by atoms with van der Waals surface area (Å²) < 4.78 is 2.43. The van der Waals surface area contributed by atoms with Crippen molar-refractivity contribution in [2.45, 2.75) is 6.92 Å². The number of amides is 1. The van der Waals surface area contributed by atoms with Crippen molar-refractivity contribution >= 4 is 61.2 Å². The number of rotatable bonds is 3. The Labute approximate surface area is 177 Å². The highest BCUT2D eigenvalue weighted by Gasteiger charge is 2.12. The number of hydrogen-bond acceptors (Lipinski definition) is 6. The highest BCUT2D eigenvalue weighted by Crippen LogP contribution is 2.26. The molecule has 2 aromatic carbocycles. The average Bonchev–Trinajstić information content (AvgIpc) is 3.25. The molecule has 140 valence electrons. The van der Waals surface area contributed by atoms with Crippen molar-refractivity contribution < 1.29 is 4.79 Å². The van der Waals surface area contributed by atoms with Gasteiger partial charge >= 0.3 is 0 Å². The number of nitrogens with one attached hydrogen (secondary N) is 2. The summed E-state index contributed by atoms with van der Waals surface area (Å²) in [5.74, 6) is 0.471. The zero-order chi connectivity index (χ0) is 19.7. The molecule has 0 aliphatic heterocycles. The van der Waals surface area contributed by atoms with Crippen LogP contribution in [0.15, 0.2) is 53.0 Å². The van der Waals surface area contributed by atoms with E-state index in [2.05, 4.69) is 41.9 Å². The first-order valence-electron chi connectivity index (χ1n) is 8.17. The lowest BCUT2D eigenvalue weighted by Crippen LogP contribution is -2.34. The number of anilines is 1. The predicted molar refractivity (Wildman–Crippen MR) is 117 cm³/mol. The van der Waals surface area contributed by atoms with Crippen molar-refractivity contribution in [3.05, 3.63) is 64.4 Å². The minimum absolute atomic E-state index is 0.225. The van der Waals surface area contributed by atoms with Gasteiger partial charge in [0.15, 0.2) is 10.9 Å². The first-order chi connectivity index (χ1) is 13.5. The van der Waals surface area contributed by atoms with E-state index in [1.807, 2.05) is 37.3 Å². The van der Waals surface area contributed by atoms with Crippen LogP contribution in [-0.4, -0.2) is 30.8 Å². The molecule has 7 nitrogen and oxygen atoms in total. The lowest BCUT2D eigenvalue weighted by atomic mass is 10.2. The summed E-state index contributed by atoms with van der Waals surface area (Å²) >= 11 is 10.1. The molecule has 0 bridgehead atoms. The largest absolute Gasteiger partial charge is 0.332 e. The Kier molecular flexibility index (Phi) is 5.16. The molecule has 0 unspecified atom stereocenters. The Bertz CT molecular complexity index is 1180. The first-order valence-corrected chi connectivity index (χ1v) is 10.2. The summed E-state index contributed by atoms with van der Waals surface area (Å²) in [5, 5.41) is 19.3. The topological polar surface area (TPSA) is 84.2 Å². The van der Waals surface area contributed by atoms with Crippen LogP contribution in [0.1, 0.15) is 16.2 Å². The fraction of sp³-hybridized carbons (Fsp3) is 0.0556. The van der Waals surface area contributed by atoms with Gasteiger partial charge in [0.1, 0.15) is 5.01 Å². The second kappa shape index (κ2) is 7.74. The van der Waals surface area contributed by atoms with E-state index in [1.54, 1.807) is 22.7 Å². The van der Waals surface area contributed by atoms with Crippen LogP contribution in [0.2, 0.25) is 0 Å². The Balaban J connectivity index is 1.43. The summed E-state index contributed by atoms with van der Waals surface area (Å²) in [4.78, 5) is 13.1. The van der Waals surface area contributed by atoms with Gasteiger partial charge in [0.05, 0.1) is 5.56 Å². The Morgan fingerprint density at radius 1 is 1.14 bits per heavy atom. The van der Waals surface area contributed by atoms with Gasteiger partial charge in [-0.3, -0.25) is 10.1 Å². The van der Waals surface area contributed by atoms with Gasteiger partial charge in [-0.05, 0) is 71.5 Å². The number of benzene rings is 2. The molecule has 4 rings (SSSR count). The van der Waals surface area contributed by atoms with Gasteiger partial charge in [0, 0.05) is 15.7 Å². The lowest BCUT2D eigenvalue weighted by Gasteiger charge is -2.10. The second-order valence-electron chi connectivity index (χ2n) is 5.81. The molecule has 28 heavy (non-hydrogen) atoms. The summed E-state index contributed by atoms with van der Waals surface area (Å²) in [6, 6.07) is 14.8. The van der Waals surface area contributed by atoms with Crippen molar-refractivity contribution in [3.63, 3.8) is 0 Å². The predicted octanol–water partition coefficient (Wildman–Crippen LogP) is 4.05. The zero-order valence-electron chi connectivity index (χ0n) is 14.5. The number of carbonyl (C=O) groups is 1. The Morgan fingerprint density at radius 2 is 1.89 bits per heavy atom. The first kappa shape index (κ1) is 18.7. The molecule has 0 aliphatic rings. The summed E-state index contributed by atoms with van der Waals surface area (Å²) in [6.07, 6.45) is 0.